The topological polar surface area (TPSA) is 17.1 Å². The third-order valence-electron chi connectivity index (χ3n) is 4.50. The Kier molecular flexibility index (Phi) is 3.50. The number of ketones is 1. The van der Waals surface area contributed by atoms with Gasteiger partial charge in [-0.1, -0.05) is 67.6 Å². The van der Waals surface area contributed by atoms with E-state index in [1.54, 1.807) is 0 Å². The molecule has 1 nitrogen and oxygen atoms in total. The molecule has 0 radical (unpaired) electrons. The van der Waals surface area contributed by atoms with Crippen molar-refractivity contribution in [1.29, 1.82) is 0 Å². The molecule has 0 fully saturated rings. The molecule has 0 N–H and O–H groups in total. The highest BCUT2D eigenvalue weighted by atomic mass is 16.1. The molecule has 3 rings (SSSR count). The van der Waals surface area contributed by atoms with Gasteiger partial charge in [-0.3, -0.25) is 4.79 Å². The first kappa shape index (κ1) is 13.8. The number of Topliss-reactive ketones (excluding diaryl/α,β-unsaturated/α-hetero) is 1. The maximum atomic E-state index is 11.7. The van der Waals surface area contributed by atoms with Crippen LogP contribution in [0.1, 0.15) is 32.3 Å². The monoisotopic (exact) mass is 276 g/mol. The Bertz CT molecular complexity index is 680. The summed E-state index contributed by atoms with van der Waals surface area (Å²) in [6, 6.07) is 19.1. The van der Waals surface area contributed by atoms with E-state index in [-0.39, 0.29) is 11.2 Å². The molecule has 0 saturated heterocycles. The fraction of sp³-hybridized carbons (Fsp3) is 0.250. The Morgan fingerprint density at radius 3 is 2.14 bits per heavy atom. The van der Waals surface area contributed by atoms with Gasteiger partial charge in [-0.2, -0.15) is 0 Å². The summed E-state index contributed by atoms with van der Waals surface area (Å²) in [7, 11) is 0. The molecule has 0 aromatic heterocycles. The highest BCUT2D eigenvalue weighted by Gasteiger charge is 2.29. The van der Waals surface area contributed by atoms with Crippen molar-refractivity contribution in [2.75, 3.05) is 0 Å². The van der Waals surface area contributed by atoms with E-state index in [1.807, 2.05) is 13.0 Å². The molecule has 0 spiro atoms. The lowest BCUT2D eigenvalue weighted by atomic mass is 9.73. The number of hydrogen-bond donors (Lipinski definition) is 0. The molecule has 0 aliphatic heterocycles. The minimum Gasteiger partial charge on any atom is -0.295 e. The molecule has 1 aliphatic rings. The lowest BCUT2D eigenvalue weighted by Crippen LogP contribution is -2.26. The summed E-state index contributed by atoms with van der Waals surface area (Å²) < 4.78 is 0. The Labute approximate surface area is 126 Å². The first-order chi connectivity index (χ1) is 10.1. The van der Waals surface area contributed by atoms with Gasteiger partial charge in [0.2, 0.25) is 0 Å². The van der Waals surface area contributed by atoms with Crippen molar-refractivity contribution in [2.45, 2.75) is 32.1 Å². The highest BCUT2D eigenvalue weighted by Crippen LogP contribution is 2.36. The van der Waals surface area contributed by atoms with Crippen LogP contribution in [0.3, 0.4) is 0 Å². The van der Waals surface area contributed by atoms with Gasteiger partial charge in [-0.25, -0.2) is 0 Å². The smallest absolute Gasteiger partial charge is 0.158 e. The third kappa shape index (κ3) is 2.69. The van der Waals surface area contributed by atoms with Crippen LogP contribution in [0.4, 0.5) is 0 Å². The minimum atomic E-state index is -0.0206. The fourth-order valence-corrected chi connectivity index (χ4v) is 3.10. The van der Waals surface area contributed by atoms with Gasteiger partial charge in [-0.05, 0) is 35.6 Å². The maximum Gasteiger partial charge on any atom is 0.158 e. The molecule has 1 atom stereocenters. The Morgan fingerprint density at radius 2 is 1.52 bits per heavy atom. The summed E-state index contributed by atoms with van der Waals surface area (Å²) >= 11 is 0. The van der Waals surface area contributed by atoms with Crippen LogP contribution < -0.4 is 0 Å². The van der Waals surface area contributed by atoms with Crippen LogP contribution in [0.2, 0.25) is 0 Å². The van der Waals surface area contributed by atoms with Crippen molar-refractivity contribution in [3.8, 4) is 11.1 Å². The highest BCUT2D eigenvalue weighted by molar-refractivity contribution is 5.96. The number of benzene rings is 2. The van der Waals surface area contributed by atoms with Gasteiger partial charge in [0.15, 0.2) is 5.78 Å². The SMILES string of the molecule is CC1=C[C@](C)(c2ccc(-c3ccccc3)cc2)CCC1=O. The van der Waals surface area contributed by atoms with Gasteiger partial charge in [0.25, 0.3) is 0 Å². The molecule has 0 amide bonds. The van der Waals surface area contributed by atoms with Crippen LogP contribution in [0, 0.1) is 0 Å². The Morgan fingerprint density at radius 1 is 0.905 bits per heavy atom. The van der Waals surface area contributed by atoms with Crippen molar-refractivity contribution < 1.29 is 4.79 Å². The predicted molar refractivity (Wildman–Crippen MR) is 87.2 cm³/mol. The second-order valence-electron chi connectivity index (χ2n) is 6.11. The molecule has 0 unspecified atom stereocenters. The standard InChI is InChI=1S/C20H20O/c1-15-14-20(2,13-12-19(15)21)18-10-8-17(9-11-18)16-6-4-3-5-7-16/h3-11,14H,12-13H2,1-2H3/t20-/m1/s1. The summed E-state index contributed by atoms with van der Waals surface area (Å²) in [5.41, 5.74) is 4.63. The fourth-order valence-electron chi connectivity index (χ4n) is 3.10. The van der Waals surface area contributed by atoms with Crippen LogP contribution in [0.5, 0.6) is 0 Å². The van der Waals surface area contributed by atoms with Gasteiger partial charge >= 0.3 is 0 Å². The first-order valence-electron chi connectivity index (χ1n) is 7.47. The molecule has 106 valence electrons. The van der Waals surface area contributed by atoms with Crippen LogP contribution >= 0.6 is 0 Å². The molecule has 2 aromatic rings. The lowest BCUT2D eigenvalue weighted by molar-refractivity contribution is -0.116. The normalized spacial score (nSPS) is 22.0. The predicted octanol–water partition coefficient (Wildman–Crippen LogP) is 4.92. The average Bonchev–Trinajstić information content (AvgIpc) is 2.52. The second-order valence-corrected chi connectivity index (χ2v) is 6.11. The van der Waals surface area contributed by atoms with Crippen LogP contribution in [0.15, 0.2) is 66.2 Å². The molecule has 2 aromatic carbocycles. The van der Waals surface area contributed by atoms with E-state index in [2.05, 4.69) is 61.5 Å². The third-order valence-corrected chi connectivity index (χ3v) is 4.50. The van der Waals surface area contributed by atoms with Gasteiger partial charge in [0, 0.05) is 11.8 Å². The number of carbonyl (C=O) groups is 1. The van der Waals surface area contributed by atoms with Gasteiger partial charge < -0.3 is 0 Å². The largest absolute Gasteiger partial charge is 0.295 e. The van der Waals surface area contributed by atoms with E-state index >= 15 is 0 Å². The van der Waals surface area contributed by atoms with Crippen molar-refractivity contribution in [3.63, 3.8) is 0 Å². The molecule has 21 heavy (non-hydrogen) atoms. The summed E-state index contributed by atoms with van der Waals surface area (Å²) in [4.78, 5) is 11.7. The van der Waals surface area contributed by atoms with Crippen molar-refractivity contribution in [2.24, 2.45) is 0 Å². The Balaban J connectivity index is 1.93. The molecule has 1 aliphatic carbocycles. The summed E-state index contributed by atoms with van der Waals surface area (Å²) in [5, 5.41) is 0. The van der Waals surface area contributed by atoms with Crippen molar-refractivity contribution >= 4 is 5.78 Å². The van der Waals surface area contributed by atoms with Crippen molar-refractivity contribution in [1.82, 2.24) is 0 Å². The number of allylic oxidation sites excluding steroid dienone is 2. The van der Waals surface area contributed by atoms with Crippen LogP contribution in [0.25, 0.3) is 11.1 Å². The van der Waals surface area contributed by atoms with E-state index in [0.717, 1.165) is 12.0 Å². The summed E-state index contributed by atoms with van der Waals surface area (Å²) in [6.07, 6.45) is 3.68. The minimum absolute atomic E-state index is 0.0206. The van der Waals surface area contributed by atoms with E-state index < -0.39 is 0 Å². The maximum absolute atomic E-state index is 11.7. The van der Waals surface area contributed by atoms with Crippen molar-refractivity contribution in [3.05, 3.63) is 71.8 Å². The van der Waals surface area contributed by atoms with Gasteiger partial charge in [0.05, 0.1) is 0 Å². The molecular weight excluding hydrogens is 256 g/mol. The van der Waals surface area contributed by atoms with E-state index in [0.29, 0.717) is 6.42 Å². The second kappa shape index (κ2) is 5.33. The summed E-state index contributed by atoms with van der Waals surface area (Å²) in [5.74, 6) is 0.286. The average molecular weight is 276 g/mol. The zero-order chi connectivity index (χ0) is 14.9. The first-order valence-corrected chi connectivity index (χ1v) is 7.47. The quantitative estimate of drug-likeness (QED) is 0.761. The molecular formula is C20H20O. The van der Waals surface area contributed by atoms with Gasteiger partial charge in [0.1, 0.15) is 0 Å². The molecule has 0 saturated carbocycles. The number of carbonyl (C=O) groups excluding carboxylic acids is 1. The van der Waals surface area contributed by atoms with Gasteiger partial charge in [-0.15, -0.1) is 0 Å². The number of hydrogen-bond acceptors (Lipinski definition) is 1. The lowest BCUT2D eigenvalue weighted by Gasteiger charge is -2.31. The van der Waals surface area contributed by atoms with E-state index in [9.17, 15) is 4.79 Å². The summed E-state index contributed by atoms with van der Waals surface area (Å²) in [6.45, 7) is 4.15. The zero-order valence-corrected chi connectivity index (χ0v) is 12.6. The molecule has 1 heteroatoms. The van der Waals surface area contributed by atoms with E-state index in [1.165, 1.54) is 16.7 Å². The van der Waals surface area contributed by atoms with Crippen LogP contribution in [-0.4, -0.2) is 5.78 Å². The van der Waals surface area contributed by atoms with E-state index in [4.69, 9.17) is 0 Å². The molecule has 0 bridgehead atoms. The Hall–Kier alpha value is -2.15. The molecule has 0 heterocycles. The van der Waals surface area contributed by atoms with Crippen LogP contribution in [-0.2, 0) is 10.2 Å². The number of rotatable bonds is 2. The zero-order valence-electron chi connectivity index (χ0n) is 12.6.